The van der Waals surface area contributed by atoms with Gasteiger partial charge >= 0.3 is 0 Å². The number of ether oxygens (including phenoxy) is 1. The van der Waals surface area contributed by atoms with Gasteiger partial charge in [-0.25, -0.2) is 14.5 Å². The summed E-state index contributed by atoms with van der Waals surface area (Å²) in [5.41, 5.74) is 7.65. The number of hydrogen-bond donors (Lipinski definition) is 2. The van der Waals surface area contributed by atoms with Crippen molar-refractivity contribution in [3.63, 3.8) is 0 Å². The van der Waals surface area contributed by atoms with Crippen LogP contribution in [-0.2, 0) is 0 Å². The topological polar surface area (TPSA) is 102 Å². The molecule has 0 radical (unpaired) electrons. The molecule has 30 heavy (non-hydrogen) atoms. The SMILES string of the molecule is COc1nc(C(C)C)ccc1-c1cnc2sc(N3CCC(O)(CN)CC3)nn12.Cl.Cl. The Labute approximate surface area is 192 Å². The molecule has 0 unspecified atom stereocenters. The molecule has 166 valence electrons. The van der Waals surface area contributed by atoms with Gasteiger partial charge in [0.25, 0.3) is 0 Å². The second-order valence-corrected chi connectivity index (χ2v) is 8.52. The summed E-state index contributed by atoms with van der Waals surface area (Å²) >= 11 is 1.54. The number of hydrogen-bond acceptors (Lipinski definition) is 8. The first-order chi connectivity index (χ1) is 13.4. The first kappa shape index (κ1) is 24.6. The van der Waals surface area contributed by atoms with Gasteiger partial charge in [0.1, 0.15) is 0 Å². The van der Waals surface area contributed by atoms with E-state index >= 15 is 0 Å². The number of anilines is 1. The first-order valence-electron chi connectivity index (χ1n) is 9.51. The lowest BCUT2D eigenvalue weighted by atomic mass is 9.92. The maximum Gasteiger partial charge on any atom is 0.222 e. The van der Waals surface area contributed by atoms with Crippen LogP contribution in [0.2, 0.25) is 0 Å². The predicted octanol–water partition coefficient (Wildman–Crippen LogP) is 3.12. The lowest BCUT2D eigenvalue weighted by molar-refractivity contribution is 0.0249. The molecule has 0 atom stereocenters. The minimum absolute atomic E-state index is 0. The van der Waals surface area contributed by atoms with Crippen molar-refractivity contribution in [2.24, 2.45) is 5.73 Å². The second kappa shape index (κ2) is 9.65. The first-order valence-corrected chi connectivity index (χ1v) is 10.3. The number of aliphatic hydroxyl groups is 1. The van der Waals surface area contributed by atoms with Crippen molar-refractivity contribution < 1.29 is 9.84 Å². The molecule has 1 saturated heterocycles. The van der Waals surface area contributed by atoms with E-state index in [0.29, 0.717) is 31.2 Å². The van der Waals surface area contributed by atoms with Crippen molar-refractivity contribution in [3.05, 3.63) is 24.0 Å². The molecule has 0 aliphatic carbocycles. The lowest BCUT2D eigenvalue weighted by Crippen LogP contribution is -2.48. The number of rotatable bonds is 5. The fraction of sp³-hybridized carbons (Fsp3) is 0.526. The van der Waals surface area contributed by atoms with Crippen LogP contribution in [0.25, 0.3) is 16.2 Å². The molecule has 0 spiro atoms. The van der Waals surface area contributed by atoms with Crippen molar-refractivity contribution in [1.82, 2.24) is 19.6 Å². The Balaban J connectivity index is 0.00000160. The highest BCUT2D eigenvalue weighted by atomic mass is 35.5. The number of nitrogens with zero attached hydrogens (tertiary/aromatic N) is 5. The van der Waals surface area contributed by atoms with Crippen LogP contribution >= 0.6 is 36.2 Å². The Morgan fingerprint density at radius 3 is 2.57 bits per heavy atom. The maximum absolute atomic E-state index is 10.3. The fourth-order valence-electron chi connectivity index (χ4n) is 3.44. The smallest absolute Gasteiger partial charge is 0.222 e. The van der Waals surface area contributed by atoms with E-state index in [9.17, 15) is 5.11 Å². The molecular weight excluding hydrogens is 447 g/mol. The van der Waals surface area contributed by atoms with Crippen molar-refractivity contribution in [2.45, 2.75) is 38.2 Å². The molecule has 3 N–H and O–H groups in total. The van der Waals surface area contributed by atoms with Gasteiger partial charge in [-0.1, -0.05) is 25.2 Å². The molecule has 1 aliphatic rings. The zero-order valence-corrected chi connectivity index (χ0v) is 19.7. The van der Waals surface area contributed by atoms with Gasteiger partial charge in [-0.15, -0.1) is 29.9 Å². The van der Waals surface area contributed by atoms with E-state index in [1.54, 1.807) is 24.6 Å². The van der Waals surface area contributed by atoms with Gasteiger partial charge in [0, 0.05) is 25.3 Å². The van der Waals surface area contributed by atoms with Crippen molar-refractivity contribution in [3.8, 4) is 17.1 Å². The van der Waals surface area contributed by atoms with Crippen LogP contribution < -0.4 is 15.4 Å². The van der Waals surface area contributed by atoms with E-state index < -0.39 is 5.60 Å². The molecule has 11 heteroatoms. The molecule has 0 bridgehead atoms. The summed E-state index contributed by atoms with van der Waals surface area (Å²) in [6.07, 6.45) is 3.10. The molecule has 0 saturated carbocycles. The van der Waals surface area contributed by atoms with Crippen LogP contribution in [0.15, 0.2) is 18.3 Å². The maximum atomic E-state index is 10.3. The van der Waals surface area contributed by atoms with E-state index in [2.05, 4.69) is 28.7 Å². The molecule has 1 fully saturated rings. The number of halogens is 2. The van der Waals surface area contributed by atoms with Gasteiger partial charge in [-0.2, -0.15) is 0 Å². The Morgan fingerprint density at radius 2 is 1.97 bits per heavy atom. The normalized spacial score (nSPS) is 15.7. The largest absolute Gasteiger partial charge is 0.480 e. The number of imidazole rings is 1. The van der Waals surface area contributed by atoms with Crippen LogP contribution in [0.1, 0.15) is 38.3 Å². The minimum Gasteiger partial charge on any atom is -0.480 e. The molecule has 0 amide bonds. The standard InChI is InChI=1S/C19H26N6O2S.2ClH/c1-12(2)14-5-4-13(16(22-14)27-3)15-10-21-17-25(15)23-18(28-17)24-8-6-19(26,11-20)7-9-24;;/h4-5,10,12,26H,6-9,11,20H2,1-3H3;2*1H. The van der Waals surface area contributed by atoms with Gasteiger partial charge in [-0.3, -0.25) is 0 Å². The lowest BCUT2D eigenvalue weighted by Gasteiger charge is -2.37. The molecule has 4 rings (SSSR count). The summed E-state index contributed by atoms with van der Waals surface area (Å²) in [5, 5.41) is 16.0. The van der Waals surface area contributed by atoms with Crippen LogP contribution in [-0.4, -0.2) is 57.0 Å². The molecule has 1 aliphatic heterocycles. The number of aromatic nitrogens is 4. The third-order valence-electron chi connectivity index (χ3n) is 5.36. The Hall–Kier alpha value is -1.65. The number of methoxy groups -OCH3 is 1. The molecule has 0 aromatic carbocycles. The van der Waals surface area contributed by atoms with Crippen molar-refractivity contribution in [1.29, 1.82) is 0 Å². The van der Waals surface area contributed by atoms with Crippen LogP contribution in [0.4, 0.5) is 5.13 Å². The average Bonchev–Trinajstić information content (AvgIpc) is 3.29. The third kappa shape index (κ3) is 4.50. The van der Waals surface area contributed by atoms with Crippen molar-refractivity contribution >= 4 is 46.2 Å². The monoisotopic (exact) mass is 474 g/mol. The summed E-state index contributed by atoms with van der Waals surface area (Å²) in [6.45, 7) is 5.97. The van der Waals surface area contributed by atoms with E-state index in [-0.39, 0.29) is 24.8 Å². The highest BCUT2D eigenvalue weighted by Crippen LogP contribution is 2.34. The summed E-state index contributed by atoms with van der Waals surface area (Å²) in [7, 11) is 1.63. The Kier molecular flexibility index (Phi) is 7.92. The summed E-state index contributed by atoms with van der Waals surface area (Å²) in [5.74, 6) is 0.902. The average molecular weight is 475 g/mol. The summed E-state index contributed by atoms with van der Waals surface area (Å²) in [4.78, 5) is 12.2. The quantitative estimate of drug-likeness (QED) is 0.585. The highest BCUT2D eigenvalue weighted by molar-refractivity contribution is 7.20. The number of fused-ring (bicyclic) bond motifs is 1. The predicted molar refractivity (Wildman–Crippen MR) is 125 cm³/mol. The fourth-order valence-corrected chi connectivity index (χ4v) is 4.37. The van der Waals surface area contributed by atoms with Crippen LogP contribution in [0.5, 0.6) is 5.88 Å². The minimum atomic E-state index is -0.754. The zero-order valence-electron chi connectivity index (χ0n) is 17.2. The van der Waals surface area contributed by atoms with E-state index in [4.69, 9.17) is 15.6 Å². The zero-order chi connectivity index (χ0) is 19.9. The summed E-state index contributed by atoms with van der Waals surface area (Å²) in [6, 6.07) is 4.04. The number of nitrogens with two attached hydrogens (primary N) is 1. The van der Waals surface area contributed by atoms with E-state index in [0.717, 1.165) is 40.1 Å². The summed E-state index contributed by atoms with van der Waals surface area (Å²) < 4.78 is 7.39. The van der Waals surface area contributed by atoms with E-state index in [1.165, 1.54) is 0 Å². The van der Waals surface area contributed by atoms with Crippen LogP contribution in [0.3, 0.4) is 0 Å². The number of pyridine rings is 1. The second-order valence-electron chi connectivity index (χ2n) is 7.59. The Bertz CT molecular complexity index is 985. The molecule has 3 aromatic heterocycles. The van der Waals surface area contributed by atoms with Gasteiger partial charge in [0.15, 0.2) is 0 Å². The van der Waals surface area contributed by atoms with Gasteiger partial charge in [0.05, 0.1) is 30.2 Å². The highest BCUT2D eigenvalue weighted by Gasteiger charge is 2.32. The van der Waals surface area contributed by atoms with Crippen LogP contribution in [0, 0.1) is 0 Å². The number of piperidine rings is 1. The molecule has 3 aromatic rings. The molecule has 8 nitrogen and oxygen atoms in total. The third-order valence-corrected chi connectivity index (χ3v) is 6.35. The Morgan fingerprint density at radius 1 is 1.27 bits per heavy atom. The molecule has 4 heterocycles. The van der Waals surface area contributed by atoms with Crippen molar-refractivity contribution in [2.75, 3.05) is 31.6 Å². The van der Waals surface area contributed by atoms with Gasteiger partial charge < -0.3 is 20.5 Å². The molecular formula is C19H28Cl2N6O2S. The van der Waals surface area contributed by atoms with E-state index in [1.807, 2.05) is 16.6 Å². The van der Waals surface area contributed by atoms with Gasteiger partial charge in [-0.05, 0) is 30.9 Å². The van der Waals surface area contributed by atoms with Gasteiger partial charge in [0.2, 0.25) is 16.0 Å².